The molecule has 1 saturated carbocycles. The van der Waals surface area contributed by atoms with E-state index in [4.69, 9.17) is 47.7 Å². The minimum Gasteiger partial charge on any atom is -0.481 e. The number of carbonyl (C=O) groups excluding carboxylic acids is 9. The third kappa shape index (κ3) is 35.1. The maximum Gasteiger partial charge on any atom is 0.305 e. The molecule has 4 rings (SSSR count). The molecule has 0 bridgehead atoms. The average molecular weight is 1390 g/mol. The molecule has 3 atom stereocenters. The number of rotatable bonds is 54. The standard InChI is InChI=1S/C63H99N11O22S/c1-63(2,3)97(86,87)62-69-40-47-48(73-62)16-21-74(61(47)85)22-17-54(77)71-49(12-8-9-19-64-53(76)18-23-89-26-27-91-30-31-93-34-35-95-37-36-94-33-32-92-29-28-90-25-24-88-4)59(83)65-20-15-52(75)66-41-55(78)67-43-57(80)72-50(38-45-10-6-5-7-11-45)60(84)68-42-56(79)70-44-96-51(39-58(81)82)46-13-14-46/h5-7,10-11,40,46,49-51H,8-9,12-39,41-44H2,1-4H3,(H,64,76)(H,65,83)(H,66,75)(H,67,78)(H,68,84)(H,70,79)(H,71,77)(H,72,80)(H,81,82)/t49-,50-,51-/m0/s1. The molecule has 2 aromatic rings. The Morgan fingerprint density at radius 1 is 0.608 bits per heavy atom. The first-order chi connectivity index (χ1) is 46.6. The second kappa shape index (κ2) is 46.7. The molecule has 0 spiro atoms. The van der Waals surface area contributed by atoms with E-state index in [2.05, 4.69) is 52.5 Å². The lowest BCUT2D eigenvalue weighted by molar-refractivity contribution is -0.141. The molecule has 33 nitrogen and oxygen atoms in total. The summed E-state index contributed by atoms with van der Waals surface area (Å²) in [5.41, 5.74) is 1.06. The van der Waals surface area contributed by atoms with Crippen LogP contribution in [0.4, 0.5) is 0 Å². The van der Waals surface area contributed by atoms with Gasteiger partial charge in [-0.3, -0.25) is 47.9 Å². The van der Waals surface area contributed by atoms with Crippen molar-refractivity contribution in [1.82, 2.24) is 57.4 Å². The number of amides is 9. The first kappa shape index (κ1) is 82.0. The summed E-state index contributed by atoms with van der Waals surface area (Å²) in [6.07, 6.45) is 2.79. The second-order valence-electron chi connectivity index (χ2n) is 23.4. The predicted octanol–water partition coefficient (Wildman–Crippen LogP) is -1.71. The van der Waals surface area contributed by atoms with Crippen LogP contribution in [-0.4, -0.2) is 269 Å². The number of sulfone groups is 1. The van der Waals surface area contributed by atoms with Gasteiger partial charge in [0, 0.05) is 71.6 Å². The van der Waals surface area contributed by atoms with Crippen molar-refractivity contribution in [1.29, 1.82) is 0 Å². The summed E-state index contributed by atoms with van der Waals surface area (Å²) < 4.78 is 73.5. The molecule has 97 heavy (non-hydrogen) atoms. The van der Waals surface area contributed by atoms with Crippen molar-refractivity contribution in [2.24, 2.45) is 5.92 Å². The predicted molar refractivity (Wildman–Crippen MR) is 346 cm³/mol. The number of nitrogens with one attached hydrogen (secondary N) is 8. The van der Waals surface area contributed by atoms with Crippen molar-refractivity contribution in [2.75, 3.05) is 159 Å². The summed E-state index contributed by atoms with van der Waals surface area (Å²) in [6.45, 7) is 8.90. The van der Waals surface area contributed by atoms with E-state index in [0.717, 1.165) is 12.8 Å². The fourth-order valence-corrected chi connectivity index (χ4v) is 9.98. The van der Waals surface area contributed by atoms with Crippen molar-refractivity contribution >= 4 is 69.0 Å². The Labute approximate surface area is 565 Å². The number of aliphatic carboxylic acids is 1. The minimum atomic E-state index is -3.89. The van der Waals surface area contributed by atoms with Crippen molar-refractivity contribution in [3.8, 4) is 0 Å². The van der Waals surface area contributed by atoms with Gasteiger partial charge in [-0.2, -0.15) is 0 Å². The molecular weight excluding hydrogens is 1290 g/mol. The number of carboxylic acid groups (broad SMARTS) is 1. The van der Waals surface area contributed by atoms with Crippen LogP contribution in [0.2, 0.25) is 0 Å². The molecule has 1 aromatic heterocycles. The van der Waals surface area contributed by atoms with Gasteiger partial charge >= 0.3 is 5.97 Å². The number of fused-ring (bicyclic) bond motifs is 1. The summed E-state index contributed by atoms with van der Waals surface area (Å²) >= 11 is 0. The summed E-state index contributed by atoms with van der Waals surface area (Å²) in [6, 6.07) is 6.42. The van der Waals surface area contributed by atoms with Crippen LogP contribution in [0.25, 0.3) is 0 Å². The highest BCUT2D eigenvalue weighted by Crippen LogP contribution is 2.35. The molecule has 34 heteroatoms. The van der Waals surface area contributed by atoms with Crippen LogP contribution in [0.1, 0.15) is 100 Å². The van der Waals surface area contributed by atoms with Crippen molar-refractivity contribution in [3.05, 3.63) is 53.3 Å². The van der Waals surface area contributed by atoms with E-state index in [0.29, 0.717) is 104 Å². The molecule has 9 amide bonds. The fourth-order valence-electron chi connectivity index (χ4n) is 9.01. The van der Waals surface area contributed by atoms with E-state index < -0.39 is 106 Å². The maximum atomic E-state index is 13.6. The average Bonchev–Trinajstić information content (AvgIpc) is 1.56. The van der Waals surface area contributed by atoms with E-state index in [1.54, 1.807) is 37.4 Å². The molecule has 1 aliphatic carbocycles. The number of unbranched alkanes of at least 4 members (excludes halogenated alkanes) is 1. The summed E-state index contributed by atoms with van der Waals surface area (Å²) in [7, 11) is -2.27. The van der Waals surface area contributed by atoms with Crippen LogP contribution >= 0.6 is 0 Å². The first-order valence-electron chi connectivity index (χ1n) is 32.6. The van der Waals surface area contributed by atoms with Gasteiger partial charge in [-0.15, -0.1) is 0 Å². The van der Waals surface area contributed by atoms with Crippen LogP contribution in [0.15, 0.2) is 41.7 Å². The van der Waals surface area contributed by atoms with Gasteiger partial charge in [-0.05, 0) is 64.4 Å². The zero-order chi connectivity index (χ0) is 70.7. The van der Waals surface area contributed by atoms with Crippen molar-refractivity contribution < 1.29 is 104 Å². The van der Waals surface area contributed by atoms with Gasteiger partial charge in [0.2, 0.25) is 62.3 Å². The molecule has 1 fully saturated rings. The lowest BCUT2D eigenvalue weighted by atomic mass is 10.1. The Bertz CT molecular complexity index is 2890. The molecule has 2 aliphatic rings. The van der Waals surface area contributed by atoms with E-state index in [1.807, 2.05) is 0 Å². The summed E-state index contributed by atoms with van der Waals surface area (Å²) in [5, 5.41) is 29.2. The lowest BCUT2D eigenvalue weighted by Gasteiger charge is -2.28. The van der Waals surface area contributed by atoms with E-state index in [1.165, 1.54) is 31.9 Å². The van der Waals surface area contributed by atoms with E-state index in [9.17, 15) is 56.4 Å². The minimum absolute atomic E-state index is 0.0267. The Morgan fingerprint density at radius 2 is 1.14 bits per heavy atom. The van der Waals surface area contributed by atoms with Crippen LogP contribution in [-0.2, 0) is 108 Å². The molecule has 1 aliphatic heterocycles. The SMILES string of the molecule is COCCOCCOCCOCCOCCOCCOCCOCCC(=O)NCCCC[C@H](NC(=O)CCN1CCc2nc(S(=O)(=O)C(C)(C)C)ncc2C1=O)C(=O)NCCC(=O)NCC(=O)NCC(=O)N[C@@H](Cc1ccccc1)C(=O)NCC(=O)NCO[C@@H](CC(=O)O)C1CC1. The molecule has 9 N–H and O–H groups in total. The molecule has 0 saturated heterocycles. The van der Waals surface area contributed by atoms with Gasteiger partial charge in [0.05, 0.1) is 147 Å². The number of carbonyl (C=O) groups is 10. The third-order valence-electron chi connectivity index (χ3n) is 14.7. The Morgan fingerprint density at radius 3 is 1.73 bits per heavy atom. The van der Waals surface area contributed by atoms with E-state index in [-0.39, 0.29) is 119 Å². The largest absolute Gasteiger partial charge is 0.481 e. The maximum absolute atomic E-state index is 13.6. The quantitative estimate of drug-likeness (QED) is 0.0202. The van der Waals surface area contributed by atoms with Gasteiger partial charge in [-0.1, -0.05) is 30.3 Å². The number of methoxy groups -OCH3 is 1. The number of aromatic nitrogens is 2. The van der Waals surface area contributed by atoms with Gasteiger partial charge in [0.25, 0.3) is 5.91 Å². The third-order valence-corrected chi connectivity index (χ3v) is 16.9. The Hall–Kier alpha value is -7.41. The van der Waals surface area contributed by atoms with Crippen LogP contribution < -0.4 is 42.5 Å². The van der Waals surface area contributed by atoms with Crippen LogP contribution in [0.3, 0.4) is 0 Å². The molecule has 0 unspecified atom stereocenters. The molecule has 2 heterocycles. The highest BCUT2D eigenvalue weighted by molar-refractivity contribution is 7.92. The monoisotopic (exact) mass is 1390 g/mol. The van der Waals surface area contributed by atoms with Gasteiger partial charge in [0.1, 0.15) is 18.8 Å². The molecular formula is C63H99N11O22S. The van der Waals surface area contributed by atoms with Gasteiger partial charge in [0.15, 0.2) is 0 Å². The topological polar surface area (TPSA) is 433 Å². The fraction of sp³-hybridized carbons (Fsp3) is 0.683. The molecule has 544 valence electrons. The highest BCUT2D eigenvalue weighted by Gasteiger charge is 2.37. The molecule has 0 radical (unpaired) electrons. The smallest absolute Gasteiger partial charge is 0.305 e. The number of hydrogen-bond acceptors (Lipinski definition) is 23. The summed E-state index contributed by atoms with van der Waals surface area (Å²) in [4.78, 5) is 138. The zero-order valence-corrected chi connectivity index (χ0v) is 56.9. The van der Waals surface area contributed by atoms with Gasteiger partial charge in [-0.25, -0.2) is 18.4 Å². The van der Waals surface area contributed by atoms with Crippen LogP contribution in [0.5, 0.6) is 0 Å². The Balaban J connectivity index is 1.15. The van der Waals surface area contributed by atoms with Crippen molar-refractivity contribution in [2.45, 2.75) is 119 Å². The highest BCUT2D eigenvalue weighted by atomic mass is 32.2. The number of carboxylic acids is 1. The van der Waals surface area contributed by atoms with Crippen molar-refractivity contribution in [3.63, 3.8) is 0 Å². The molecule has 1 aromatic carbocycles. The second-order valence-corrected chi connectivity index (χ2v) is 26.0. The van der Waals surface area contributed by atoms with Gasteiger partial charge < -0.3 is 95.2 Å². The first-order valence-corrected chi connectivity index (χ1v) is 34.1. The Kier molecular flexibility index (Phi) is 39.5. The lowest BCUT2D eigenvalue weighted by Crippen LogP contribution is -2.52. The number of ether oxygens (including phenoxy) is 9. The number of benzene rings is 1. The van der Waals surface area contributed by atoms with Crippen LogP contribution in [0, 0.1) is 5.92 Å². The zero-order valence-electron chi connectivity index (χ0n) is 56.1. The number of nitrogens with zero attached hydrogens (tertiary/aromatic N) is 3. The summed E-state index contributed by atoms with van der Waals surface area (Å²) in [5.74, 6) is -6.37. The van der Waals surface area contributed by atoms with E-state index >= 15 is 0 Å². The normalized spacial score (nSPS) is 13.9. The number of hydrogen-bond donors (Lipinski definition) is 9.